The maximum atomic E-state index is 12.5. The van der Waals surface area contributed by atoms with Crippen LogP contribution in [0.25, 0.3) is 11.0 Å². The standard InChI is InChI=1S/C25H29N7O4/c1-15(9-16-5-8-20-21(10-16)35-14-34-20)23(28-17-6-7-18-19(11-17)27-13-26-18)24-29-30-31-32(24)12-22(33)36-25(2,3)4/h5-8,10-11,13,15,23,28H,9,12,14H2,1-4H3,(H,26,27). The molecule has 0 spiro atoms. The van der Waals surface area contributed by atoms with Gasteiger partial charge >= 0.3 is 5.97 Å². The van der Waals surface area contributed by atoms with Gasteiger partial charge in [0.15, 0.2) is 17.3 Å². The lowest BCUT2D eigenvalue weighted by Gasteiger charge is -2.26. The van der Waals surface area contributed by atoms with E-state index in [4.69, 9.17) is 14.2 Å². The van der Waals surface area contributed by atoms with E-state index in [1.807, 2.05) is 57.2 Å². The highest BCUT2D eigenvalue weighted by molar-refractivity contribution is 5.78. The van der Waals surface area contributed by atoms with Crippen LogP contribution in [0.5, 0.6) is 11.5 Å². The zero-order valence-corrected chi connectivity index (χ0v) is 20.7. The lowest BCUT2D eigenvalue weighted by molar-refractivity contribution is -0.155. The highest BCUT2D eigenvalue weighted by Crippen LogP contribution is 2.35. The lowest BCUT2D eigenvalue weighted by Crippen LogP contribution is -2.30. The number of hydrogen-bond acceptors (Lipinski definition) is 9. The number of imidazole rings is 1. The SMILES string of the molecule is CC(Cc1ccc2c(c1)OCO2)C(Nc1ccc2[nH]cnc2c1)c1nnnn1CC(=O)OC(C)(C)C. The van der Waals surface area contributed by atoms with Gasteiger partial charge in [-0.2, -0.15) is 0 Å². The van der Waals surface area contributed by atoms with Gasteiger partial charge in [0.05, 0.1) is 23.4 Å². The van der Waals surface area contributed by atoms with Crippen LogP contribution in [0.4, 0.5) is 5.69 Å². The van der Waals surface area contributed by atoms with Gasteiger partial charge in [0.1, 0.15) is 12.1 Å². The molecular formula is C25H29N7O4. The molecule has 5 rings (SSSR count). The lowest BCUT2D eigenvalue weighted by atomic mass is 9.92. The second-order valence-electron chi connectivity index (χ2n) is 9.91. The fraction of sp³-hybridized carbons (Fsp3) is 0.400. The summed E-state index contributed by atoms with van der Waals surface area (Å²) in [4.78, 5) is 20.0. The second-order valence-corrected chi connectivity index (χ2v) is 9.91. The van der Waals surface area contributed by atoms with E-state index < -0.39 is 11.6 Å². The van der Waals surface area contributed by atoms with E-state index in [-0.39, 0.29) is 25.3 Å². The summed E-state index contributed by atoms with van der Waals surface area (Å²) < 4.78 is 18.0. The van der Waals surface area contributed by atoms with E-state index in [9.17, 15) is 4.79 Å². The number of nitrogens with zero attached hydrogens (tertiary/aromatic N) is 5. The first-order valence-corrected chi connectivity index (χ1v) is 11.8. The van der Waals surface area contributed by atoms with Gasteiger partial charge in [0.2, 0.25) is 6.79 Å². The molecule has 11 nitrogen and oxygen atoms in total. The summed E-state index contributed by atoms with van der Waals surface area (Å²) in [5.74, 6) is 1.65. The third-order valence-corrected chi connectivity index (χ3v) is 5.84. The van der Waals surface area contributed by atoms with Gasteiger partial charge in [-0.3, -0.25) is 4.79 Å². The molecular weight excluding hydrogens is 462 g/mol. The quantitative estimate of drug-likeness (QED) is 0.355. The monoisotopic (exact) mass is 491 g/mol. The maximum Gasteiger partial charge on any atom is 0.328 e. The summed E-state index contributed by atoms with van der Waals surface area (Å²) in [6.45, 7) is 7.74. The minimum Gasteiger partial charge on any atom is -0.459 e. The van der Waals surface area contributed by atoms with Gasteiger partial charge < -0.3 is 24.5 Å². The van der Waals surface area contributed by atoms with Gasteiger partial charge in [0.25, 0.3) is 0 Å². The molecule has 1 aliphatic rings. The minimum absolute atomic E-state index is 0.0311. The van der Waals surface area contributed by atoms with Crippen LogP contribution in [0.2, 0.25) is 0 Å². The number of hydrogen-bond donors (Lipinski definition) is 2. The van der Waals surface area contributed by atoms with Crippen LogP contribution in [0.15, 0.2) is 42.7 Å². The number of nitrogens with one attached hydrogen (secondary N) is 2. The van der Waals surface area contributed by atoms with Crippen molar-refractivity contribution in [2.24, 2.45) is 5.92 Å². The Hall–Kier alpha value is -4.15. The second kappa shape index (κ2) is 9.48. The van der Waals surface area contributed by atoms with Gasteiger partial charge in [-0.05, 0) is 79.4 Å². The first-order chi connectivity index (χ1) is 17.2. The average molecular weight is 492 g/mol. The summed E-state index contributed by atoms with van der Waals surface area (Å²) >= 11 is 0. The Morgan fingerprint density at radius 1 is 1.19 bits per heavy atom. The summed E-state index contributed by atoms with van der Waals surface area (Å²) in [5, 5.41) is 15.8. The number of anilines is 1. The third-order valence-electron chi connectivity index (χ3n) is 5.84. The van der Waals surface area contributed by atoms with Crippen molar-refractivity contribution >= 4 is 22.7 Å². The molecule has 0 saturated heterocycles. The number of carbonyl (C=O) groups excluding carboxylic acids is 1. The number of aromatic amines is 1. The van der Waals surface area contributed by atoms with E-state index >= 15 is 0 Å². The molecule has 2 N–H and O–H groups in total. The van der Waals surface area contributed by atoms with Gasteiger partial charge in [-0.25, -0.2) is 9.67 Å². The number of ether oxygens (including phenoxy) is 3. The molecule has 2 aromatic heterocycles. The Morgan fingerprint density at radius 3 is 2.86 bits per heavy atom. The van der Waals surface area contributed by atoms with E-state index in [2.05, 4.69) is 37.7 Å². The number of rotatable bonds is 8. The van der Waals surface area contributed by atoms with Gasteiger partial charge in [-0.15, -0.1) is 5.10 Å². The van der Waals surface area contributed by atoms with Crippen LogP contribution in [-0.2, 0) is 22.5 Å². The molecule has 0 bridgehead atoms. The van der Waals surface area contributed by atoms with E-state index in [1.165, 1.54) is 4.68 Å². The molecule has 2 atom stereocenters. The summed E-state index contributed by atoms with van der Waals surface area (Å²) in [6, 6.07) is 11.5. The van der Waals surface area contributed by atoms with E-state index in [1.54, 1.807) is 6.33 Å². The highest BCUT2D eigenvalue weighted by Gasteiger charge is 2.28. The number of tetrazole rings is 1. The van der Waals surface area contributed by atoms with Crippen LogP contribution in [0.3, 0.4) is 0 Å². The molecule has 36 heavy (non-hydrogen) atoms. The van der Waals surface area contributed by atoms with Crippen LogP contribution in [0.1, 0.15) is 45.1 Å². The van der Waals surface area contributed by atoms with Crippen molar-refractivity contribution in [3.05, 3.63) is 54.1 Å². The normalized spacial score (nSPS) is 14.6. The molecule has 0 amide bonds. The molecule has 0 saturated carbocycles. The molecule has 188 valence electrons. The fourth-order valence-corrected chi connectivity index (χ4v) is 4.26. The predicted molar refractivity (Wildman–Crippen MR) is 132 cm³/mol. The maximum absolute atomic E-state index is 12.5. The molecule has 0 aliphatic carbocycles. The third kappa shape index (κ3) is 5.24. The number of fused-ring (bicyclic) bond motifs is 2. The summed E-state index contributed by atoms with van der Waals surface area (Å²) in [5.41, 5.74) is 3.14. The number of carbonyl (C=O) groups is 1. The topological polar surface area (TPSA) is 129 Å². The smallest absolute Gasteiger partial charge is 0.328 e. The molecule has 0 fully saturated rings. The van der Waals surface area contributed by atoms with Crippen LogP contribution in [-0.4, -0.2) is 48.5 Å². The Labute approximate surface area is 208 Å². The first kappa shape index (κ1) is 23.6. The van der Waals surface area contributed by atoms with Gasteiger partial charge in [0, 0.05) is 5.69 Å². The Morgan fingerprint density at radius 2 is 2.03 bits per heavy atom. The highest BCUT2D eigenvalue weighted by atomic mass is 16.7. The Kier molecular flexibility index (Phi) is 6.21. The van der Waals surface area contributed by atoms with Crippen LogP contribution in [0, 0.1) is 5.92 Å². The number of esters is 1. The van der Waals surface area contributed by atoms with Crippen molar-refractivity contribution < 1.29 is 19.0 Å². The zero-order chi connectivity index (χ0) is 25.3. The van der Waals surface area contributed by atoms with Crippen molar-refractivity contribution in [2.75, 3.05) is 12.1 Å². The molecule has 2 aromatic carbocycles. The molecule has 1 aliphatic heterocycles. The van der Waals surface area contributed by atoms with Crippen molar-refractivity contribution in [2.45, 2.75) is 52.3 Å². The molecule has 0 radical (unpaired) electrons. The number of aromatic nitrogens is 6. The van der Waals surface area contributed by atoms with E-state index in [0.717, 1.165) is 33.8 Å². The van der Waals surface area contributed by atoms with Crippen molar-refractivity contribution in [3.63, 3.8) is 0 Å². The van der Waals surface area contributed by atoms with Gasteiger partial charge in [-0.1, -0.05) is 13.0 Å². The molecule has 11 heteroatoms. The molecule has 2 unspecified atom stereocenters. The molecule has 3 heterocycles. The Balaban J connectivity index is 1.43. The Bertz CT molecular complexity index is 1370. The fourth-order valence-electron chi connectivity index (χ4n) is 4.26. The number of H-pyrrole nitrogens is 1. The average Bonchev–Trinajstić information content (AvgIpc) is 3.56. The van der Waals surface area contributed by atoms with Crippen molar-refractivity contribution in [1.82, 2.24) is 30.2 Å². The largest absolute Gasteiger partial charge is 0.459 e. The zero-order valence-electron chi connectivity index (χ0n) is 20.7. The minimum atomic E-state index is -0.603. The van der Waals surface area contributed by atoms with E-state index in [0.29, 0.717) is 12.2 Å². The number of benzene rings is 2. The first-order valence-electron chi connectivity index (χ1n) is 11.8. The molecule has 4 aromatic rings. The van der Waals surface area contributed by atoms with Crippen LogP contribution < -0.4 is 14.8 Å². The predicted octanol–water partition coefficient (Wildman–Crippen LogP) is 3.65. The summed E-state index contributed by atoms with van der Waals surface area (Å²) in [7, 11) is 0. The van der Waals surface area contributed by atoms with Crippen LogP contribution >= 0.6 is 0 Å². The van der Waals surface area contributed by atoms with Crippen molar-refractivity contribution in [3.8, 4) is 11.5 Å². The van der Waals surface area contributed by atoms with Crippen molar-refractivity contribution in [1.29, 1.82) is 0 Å². The summed E-state index contributed by atoms with van der Waals surface area (Å²) in [6.07, 6.45) is 2.37.